The highest BCUT2D eigenvalue weighted by Gasteiger charge is 2.18. The molecule has 1 N–H and O–H groups in total. The molecule has 0 spiro atoms. The summed E-state index contributed by atoms with van der Waals surface area (Å²) in [5.41, 5.74) is 1.02. The lowest BCUT2D eigenvalue weighted by molar-refractivity contribution is 0.602. The Labute approximate surface area is 110 Å². The van der Waals surface area contributed by atoms with Crippen molar-refractivity contribution in [1.82, 2.24) is 0 Å². The van der Waals surface area contributed by atoms with Crippen molar-refractivity contribution in [3.63, 3.8) is 0 Å². The van der Waals surface area contributed by atoms with Crippen LogP contribution in [0.25, 0.3) is 0 Å². The number of rotatable bonds is 5. The third kappa shape index (κ3) is 5.34. The standard InChI is InChI=1S/C12H18N2O2SSi/c1-18(2,3)9-8-17(15,16)14-12-6-4-11(10-13)5-7-12/h4-7,14H,8-9H2,1-3H3. The predicted molar refractivity (Wildman–Crippen MR) is 76.7 cm³/mol. The van der Waals surface area contributed by atoms with E-state index >= 15 is 0 Å². The van der Waals surface area contributed by atoms with Crippen LogP contribution in [0.3, 0.4) is 0 Å². The number of nitrogens with one attached hydrogen (secondary N) is 1. The average molecular weight is 282 g/mol. The van der Waals surface area contributed by atoms with E-state index in [9.17, 15) is 8.42 Å². The van der Waals surface area contributed by atoms with Gasteiger partial charge in [-0.2, -0.15) is 5.26 Å². The first-order valence-corrected chi connectivity index (χ1v) is 11.1. The van der Waals surface area contributed by atoms with Crippen molar-refractivity contribution in [2.24, 2.45) is 0 Å². The van der Waals surface area contributed by atoms with E-state index in [2.05, 4.69) is 24.4 Å². The maximum Gasteiger partial charge on any atom is 0.232 e. The van der Waals surface area contributed by atoms with Gasteiger partial charge in [-0.25, -0.2) is 8.42 Å². The largest absolute Gasteiger partial charge is 0.284 e. The van der Waals surface area contributed by atoms with Crippen LogP contribution in [-0.2, 0) is 10.0 Å². The van der Waals surface area contributed by atoms with Crippen LogP contribution in [0.1, 0.15) is 5.56 Å². The highest BCUT2D eigenvalue weighted by Crippen LogP contribution is 2.14. The Kier molecular flexibility index (Phi) is 4.54. The van der Waals surface area contributed by atoms with Crippen molar-refractivity contribution >= 4 is 23.8 Å². The first kappa shape index (κ1) is 14.7. The molecule has 0 bridgehead atoms. The molecule has 0 saturated carbocycles. The summed E-state index contributed by atoms with van der Waals surface area (Å²) in [6.07, 6.45) is 0. The van der Waals surface area contributed by atoms with Crippen LogP contribution in [-0.4, -0.2) is 22.2 Å². The molecule has 0 saturated heterocycles. The van der Waals surface area contributed by atoms with Crippen LogP contribution in [0, 0.1) is 11.3 Å². The molecule has 0 aliphatic heterocycles. The molecule has 0 unspecified atom stereocenters. The fourth-order valence-electron chi connectivity index (χ4n) is 1.28. The van der Waals surface area contributed by atoms with Crippen LogP contribution in [0.15, 0.2) is 24.3 Å². The maximum atomic E-state index is 11.8. The number of nitrogens with zero attached hydrogens (tertiary/aromatic N) is 1. The van der Waals surface area contributed by atoms with Crippen molar-refractivity contribution in [2.45, 2.75) is 25.7 Å². The molecule has 0 radical (unpaired) electrons. The molecule has 0 amide bonds. The number of hydrogen-bond donors (Lipinski definition) is 1. The van der Waals surface area contributed by atoms with Gasteiger partial charge in [-0.3, -0.25) is 4.72 Å². The molecule has 4 nitrogen and oxygen atoms in total. The molecule has 1 aromatic rings. The van der Waals surface area contributed by atoms with Crippen LogP contribution in [0.5, 0.6) is 0 Å². The van der Waals surface area contributed by atoms with Gasteiger partial charge in [0.2, 0.25) is 10.0 Å². The summed E-state index contributed by atoms with van der Waals surface area (Å²) in [6, 6.07) is 9.12. The average Bonchev–Trinajstić information content (AvgIpc) is 2.26. The third-order valence-electron chi connectivity index (χ3n) is 2.41. The van der Waals surface area contributed by atoms with Crippen molar-refractivity contribution in [1.29, 1.82) is 5.26 Å². The molecular formula is C12H18N2O2SSi. The van der Waals surface area contributed by atoms with E-state index in [4.69, 9.17) is 5.26 Å². The Hall–Kier alpha value is -1.32. The molecule has 98 valence electrons. The highest BCUT2D eigenvalue weighted by molar-refractivity contribution is 7.92. The van der Waals surface area contributed by atoms with Crippen molar-refractivity contribution < 1.29 is 8.42 Å². The molecule has 6 heteroatoms. The normalized spacial score (nSPS) is 11.9. The summed E-state index contributed by atoms with van der Waals surface area (Å²) < 4.78 is 26.2. The Bertz CT molecular complexity index is 539. The quantitative estimate of drug-likeness (QED) is 0.844. The van der Waals surface area contributed by atoms with Crippen molar-refractivity contribution in [3.05, 3.63) is 29.8 Å². The number of anilines is 1. The lowest BCUT2D eigenvalue weighted by Gasteiger charge is -2.16. The number of benzene rings is 1. The number of hydrogen-bond acceptors (Lipinski definition) is 3. The van der Waals surface area contributed by atoms with Gasteiger partial charge in [0, 0.05) is 13.8 Å². The summed E-state index contributed by atoms with van der Waals surface area (Å²) in [6.45, 7) is 6.43. The number of sulfonamides is 1. The zero-order chi connectivity index (χ0) is 13.8. The van der Waals surface area contributed by atoms with E-state index in [0.717, 1.165) is 6.04 Å². The van der Waals surface area contributed by atoms with E-state index < -0.39 is 18.1 Å². The van der Waals surface area contributed by atoms with Gasteiger partial charge in [0.15, 0.2) is 0 Å². The van der Waals surface area contributed by atoms with E-state index in [-0.39, 0.29) is 5.75 Å². The molecular weight excluding hydrogens is 264 g/mol. The lowest BCUT2D eigenvalue weighted by atomic mass is 10.2. The minimum Gasteiger partial charge on any atom is -0.284 e. The zero-order valence-electron chi connectivity index (χ0n) is 10.9. The predicted octanol–water partition coefficient (Wildman–Crippen LogP) is 2.64. The van der Waals surface area contributed by atoms with Crippen LogP contribution >= 0.6 is 0 Å². The molecule has 0 atom stereocenters. The molecule has 0 heterocycles. The second-order valence-electron chi connectivity index (χ2n) is 5.42. The summed E-state index contributed by atoms with van der Waals surface area (Å²) >= 11 is 0. The second kappa shape index (κ2) is 5.55. The topological polar surface area (TPSA) is 70.0 Å². The molecule has 0 aromatic heterocycles. The Morgan fingerprint density at radius 2 is 1.78 bits per heavy atom. The van der Waals surface area contributed by atoms with Gasteiger partial charge in [-0.15, -0.1) is 0 Å². The third-order valence-corrected chi connectivity index (χ3v) is 5.81. The van der Waals surface area contributed by atoms with Crippen LogP contribution < -0.4 is 4.72 Å². The Morgan fingerprint density at radius 1 is 1.22 bits per heavy atom. The highest BCUT2D eigenvalue weighted by atomic mass is 32.2. The minimum atomic E-state index is -3.29. The summed E-state index contributed by atoms with van der Waals surface area (Å²) in [5, 5.41) is 8.65. The summed E-state index contributed by atoms with van der Waals surface area (Å²) in [4.78, 5) is 0. The lowest BCUT2D eigenvalue weighted by Crippen LogP contribution is -2.26. The smallest absolute Gasteiger partial charge is 0.232 e. The fraction of sp³-hybridized carbons (Fsp3) is 0.417. The summed E-state index contributed by atoms with van der Waals surface area (Å²) in [5.74, 6) is 0.155. The van der Waals surface area contributed by atoms with Crippen molar-refractivity contribution in [3.8, 4) is 6.07 Å². The van der Waals surface area contributed by atoms with Gasteiger partial charge in [-0.05, 0) is 30.3 Å². The molecule has 1 rings (SSSR count). The monoisotopic (exact) mass is 282 g/mol. The number of nitriles is 1. The van der Waals surface area contributed by atoms with E-state index in [1.165, 1.54) is 0 Å². The van der Waals surface area contributed by atoms with Gasteiger partial charge in [0.1, 0.15) is 0 Å². The minimum absolute atomic E-state index is 0.155. The first-order chi connectivity index (χ1) is 8.22. The molecule has 0 aliphatic rings. The molecule has 0 fully saturated rings. The first-order valence-electron chi connectivity index (χ1n) is 5.72. The van der Waals surface area contributed by atoms with Gasteiger partial charge in [0.05, 0.1) is 17.4 Å². The maximum absolute atomic E-state index is 11.8. The van der Waals surface area contributed by atoms with Crippen molar-refractivity contribution in [2.75, 3.05) is 10.5 Å². The van der Waals surface area contributed by atoms with Gasteiger partial charge < -0.3 is 0 Å². The van der Waals surface area contributed by atoms with Gasteiger partial charge >= 0.3 is 0 Å². The zero-order valence-corrected chi connectivity index (χ0v) is 12.7. The molecule has 18 heavy (non-hydrogen) atoms. The fourth-order valence-corrected chi connectivity index (χ4v) is 5.41. The summed E-state index contributed by atoms with van der Waals surface area (Å²) in [7, 11) is -4.65. The van der Waals surface area contributed by atoms with Gasteiger partial charge in [-0.1, -0.05) is 19.6 Å². The molecule has 1 aromatic carbocycles. The second-order valence-corrected chi connectivity index (χ2v) is 12.9. The Balaban J connectivity index is 2.68. The Morgan fingerprint density at radius 3 is 2.22 bits per heavy atom. The van der Waals surface area contributed by atoms with E-state index in [1.54, 1.807) is 24.3 Å². The van der Waals surface area contributed by atoms with E-state index in [1.807, 2.05) is 6.07 Å². The molecule has 0 aliphatic carbocycles. The van der Waals surface area contributed by atoms with Crippen LogP contribution in [0.4, 0.5) is 5.69 Å². The van der Waals surface area contributed by atoms with E-state index in [0.29, 0.717) is 11.3 Å². The van der Waals surface area contributed by atoms with Crippen LogP contribution in [0.2, 0.25) is 25.7 Å². The SMILES string of the molecule is C[Si](C)(C)CCS(=O)(=O)Nc1ccc(C#N)cc1. The van der Waals surface area contributed by atoms with Gasteiger partial charge in [0.25, 0.3) is 0 Å².